The van der Waals surface area contributed by atoms with Crippen molar-refractivity contribution in [2.75, 3.05) is 19.6 Å². The number of hydrogen-bond acceptors (Lipinski definition) is 2. The van der Waals surface area contributed by atoms with E-state index in [0.717, 1.165) is 25.4 Å². The number of rotatable bonds is 7. The van der Waals surface area contributed by atoms with Gasteiger partial charge in [0.15, 0.2) is 0 Å². The molecule has 2 nitrogen and oxygen atoms in total. The van der Waals surface area contributed by atoms with Crippen LogP contribution in [0.1, 0.15) is 39.5 Å². The Morgan fingerprint density at radius 2 is 2.00 bits per heavy atom. The fourth-order valence-electron chi connectivity index (χ4n) is 1.85. The highest BCUT2D eigenvalue weighted by atomic mass is 14.9. The van der Waals surface area contributed by atoms with Crippen molar-refractivity contribution in [1.82, 2.24) is 5.32 Å². The van der Waals surface area contributed by atoms with Gasteiger partial charge in [0.25, 0.3) is 0 Å². The molecule has 0 atom stereocenters. The fourth-order valence-corrected chi connectivity index (χ4v) is 1.85. The molecule has 0 aliphatic heterocycles. The maximum atomic E-state index is 5.43. The number of nitrogens with two attached hydrogens (primary N) is 1. The van der Waals surface area contributed by atoms with Crippen molar-refractivity contribution in [3.8, 4) is 0 Å². The molecule has 0 unspecified atom stereocenters. The van der Waals surface area contributed by atoms with Crippen molar-refractivity contribution in [2.24, 2.45) is 17.1 Å². The molecule has 0 aromatic rings. The second-order valence-corrected chi connectivity index (χ2v) is 4.69. The zero-order chi connectivity index (χ0) is 9.73. The highest BCUT2D eigenvalue weighted by molar-refractivity contribution is 4.96. The van der Waals surface area contributed by atoms with E-state index < -0.39 is 0 Å². The van der Waals surface area contributed by atoms with Gasteiger partial charge in [0, 0.05) is 6.54 Å². The second kappa shape index (κ2) is 4.97. The summed E-state index contributed by atoms with van der Waals surface area (Å²) in [6.07, 6.45) is 5.23. The van der Waals surface area contributed by atoms with E-state index in [2.05, 4.69) is 19.2 Å². The normalized spacial score (nSPS) is 19.4. The minimum atomic E-state index is 0.655. The van der Waals surface area contributed by atoms with Gasteiger partial charge in [0.2, 0.25) is 0 Å². The minimum absolute atomic E-state index is 0.655. The lowest BCUT2D eigenvalue weighted by Gasteiger charge is -2.19. The van der Waals surface area contributed by atoms with Gasteiger partial charge in [0.05, 0.1) is 0 Å². The molecule has 0 spiro atoms. The van der Waals surface area contributed by atoms with Gasteiger partial charge in [-0.1, -0.05) is 13.8 Å². The van der Waals surface area contributed by atoms with Gasteiger partial charge in [-0.25, -0.2) is 0 Å². The van der Waals surface area contributed by atoms with Gasteiger partial charge in [-0.15, -0.1) is 0 Å². The van der Waals surface area contributed by atoms with Crippen molar-refractivity contribution < 1.29 is 0 Å². The maximum Gasteiger partial charge on any atom is 0.00103 e. The van der Waals surface area contributed by atoms with Gasteiger partial charge >= 0.3 is 0 Å². The Hall–Kier alpha value is -0.0800. The zero-order valence-corrected chi connectivity index (χ0v) is 9.10. The molecule has 1 saturated carbocycles. The van der Waals surface area contributed by atoms with Crippen LogP contribution in [-0.4, -0.2) is 19.6 Å². The molecule has 0 aromatic heterocycles. The third-order valence-electron chi connectivity index (χ3n) is 3.40. The van der Waals surface area contributed by atoms with Crippen LogP contribution in [0.25, 0.3) is 0 Å². The van der Waals surface area contributed by atoms with E-state index in [1.165, 1.54) is 25.8 Å². The molecule has 0 aromatic carbocycles. The quantitative estimate of drug-likeness (QED) is 0.592. The molecule has 13 heavy (non-hydrogen) atoms. The maximum absolute atomic E-state index is 5.43. The molecule has 0 radical (unpaired) electrons. The number of unbranched alkanes of at least 4 members (excludes halogenated alkanes) is 1. The van der Waals surface area contributed by atoms with Gasteiger partial charge in [0.1, 0.15) is 0 Å². The van der Waals surface area contributed by atoms with E-state index in [9.17, 15) is 0 Å². The Morgan fingerprint density at radius 3 is 2.46 bits per heavy atom. The van der Waals surface area contributed by atoms with Crippen LogP contribution in [0.2, 0.25) is 0 Å². The second-order valence-electron chi connectivity index (χ2n) is 4.69. The average Bonchev–Trinajstić information content (AvgIpc) is 2.85. The lowest BCUT2D eigenvalue weighted by atomic mass is 9.92. The largest absolute Gasteiger partial charge is 0.330 e. The Morgan fingerprint density at radius 1 is 1.31 bits per heavy atom. The van der Waals surface area contributed by atoms with Crippen LogP contribution < -0.4 is 11.1 Å². The number of nitrogens with one attached hydrogen (secondary N) is 1. The monoisotopic (exact) mass is 184 g/mol. The molecule has 0 amide bonds. The third kappa shape index (κ3) is 3.28. The Labute approximate surface area is 82.3 Å². The molecule has 78 valence electrons. The summed E-state index contributed by atoms with van der Waals surface area (Å²) in [5.41, 5.74) is 6.08. The van der Waals surface area contributed by atoms with Gasteiger partial charge in [-0.2, -0.15) is 0 Å². The fraction of sp³-hybridized carbons (Fsp3) is 1.00. The molecule has 3 N–H and O–H groups in total. The summed E-state index contributed by atoms with van der Waals surface area (Å²) in [5.74, 6) is 0.842. The molecular weight excluding hydrogens is 160 g/mol. The molecule has 1 fully saturated rings. The summed E-state index contributed by atoms with van der Waals surface area (Å²) >= 11 is 0. The van der Waals surface area contributed by atoms with Crippen LogP contribution in [0.15, 0.2) is 0 Å². The summed E-state index contributed by atoms with van der Waals surface area (Å²) < 4.78 is 0. The van der Waals surface area contributed by atoms with E-state index in [-0.39, 0.29) is 0 Å². The first-order valence-corrected chi connectivity index (χ1v) is 5.62. The lowest BCUT2D eigenvalue weighted by Crippen LogP contribution is -2.28. The predicted octanol–water partition coefficient (Wildman–Crippen LogP) is 1.75. The Kier molecular flexibility index (Phi) is 4.20. The smallest absolute Gasteiger partial charge is 0.00103 e. The van der Waals surface area contributed by atoms with Gasteiger partial charge in [-0.05, 0) is 50.1 Å². The molecule has 0 saturated heterocycles. The van der Waals surface area contributed by atoms with E-state index >= 15 is 0 Å². The van der Waals surface area contributed by atoms with Crippen LogP contribution in [-0.2, 0) is 0 Å². The molecular formula is C11H24N2. The summed E-state index contributed by atoms with van der Waals surface area (Å²) in [6, 6.07) is 0. The van der Waals surface area contributed by atoms with Crippen LogP contribution in [0.4, 0.5) is 0 Å². The van der Waals surface area contributed by atoms with Crippen molar-refractivity contribution in [1.29, 1.82) is 0 Å². The van der Waals surface area contributed by atoms with Gasteiger partial charge in [-0.3, -0.25) is 0 Å². The average molecular weight is 184 g/mol. The van der Waals surface area contributed by atoms with E-state index in [1.807, 2.05) is 0 Å². The SMILES string of the molecule is CC(C)C1(CNCCCCN)CC1. The Balaban J connectivity index is 1.99. The molecule has 1 aliphatic rings. The molecule has 0 bridgehead atoms. The number of hydrogen-bond donors (Lipinski definition) is 2. The van der Waals surface area contributed by atoms with Crippen LogP contribution in [0.3, 0.4) is 0 Å². The van der Waals surface area contributed by atoms with Crippen LogP contribution in [0, 0.1) is 11.3 Å². The van der Waals surface area contributed by atoms with E-state index in [0.29, 0.717) is 5.41 Å². The molecule has 1 aliphatic carbocycles. The first-order valence-electron chi connectivity index (χ1n) is 5.62. The summed E-state index contributed by atoms with van der Waals surface area (Å²) in [4.78, 5) is 0. The van der Waals surface area contributed by atoms with Crippen LogP contribution in [0.5, 0.6) is 0 Å². The van der Waals surface area contributed by atoms with Crippen molar-refractivity contribution in [2.45, 2.75) is 39.5 Å². The summed E-state index contributed by atoms with van der Waals surface area (Å²) in [5, 5.41) is 3.55. The molecule has 0 heterocycles. The highest BCUT2D eigenvalue weighted by Crippen LogP contribution is 2.51. The van der Waals surface area contributed by atoms with E-state index in [4.69, 9.17) is 5.73 Å². The zero-order valence-electron chi connectivity index (χ0n) is 9.10. The summed E-state index contributed by atoms with van der Waals surface area (Å²) in [6.45, 7) is 7.88. The molecule has 2 heteroatoms. The standard InChI is InChI=1S/C11H24N2/c1-10(2)11(5-6-11)9-13-8-4-3-7-12/h10,13H,3-9,12H2,1-2H3. The third-order valence-corrected chi connectivity index (χ3v) is 3.40. The topological polar surface area (TPSA) is 38.0 Å². The minimum Gasteiger partial charge on any atom is -0.330 e. The van der Waals surface area contributed by atoms with E-state index in [1.54, 1.807) is 0 Å². The van der Waals surface area contributed by atoms with Gasteiger partial charge < -0.3 is 11.1 Å². The van der Waals surface area contributed by atoms with Crippen LogP contribution >= 0.6 is 0 Å². The molecule has 1 rings (SSSR count). The first kappa shape index (κ1) is 11.0. The van der Waals surface area contributed by atoms with Crippen molar-refractivity contribution >= 4 is 0 Å². The first-order chi connectivity index (χ1) is 6.21. The summed E-state index contributed by atoms with van der Waals surface area (Å²) in [7, 11) is 0. The lowest BCUT2D eigenvalue weighted by molar-refractivity contribution is 0.337. The van der Waals surface area contributed by atoms with Crippen molar-refractivity contribution in [3.63, 3.8) is 0 Å². The highest BCUT2D eigenvalue weighted by Gasteiger charge is 2.44. The predicted molar refractivity (Wildman–Crippen MR) is 57.7 cm³/mol. The Bertz CT molecular complexity index is 139. The van der Waals surface area contributed by atoms with Crippen molar-refractivity contribution in [3.05, 3.63) is 0 Å².